The monoisotopic (exact) mass is 317 g/mol. The minimum Gasteiger partial charge on any atom is -0.381 e. The molecule has 0 fully saturated rings. The Kier molecular flexibility index (Phi) is 3.77. The normalized spacial score (nSPS) is 10.7. The standard InChI is InChI=1S/C15H12ClN3OS/c16-12-5-9(15(17)20)1-2-10(12)7-18-11-3-4-13-14(6-11)21-8-19-13/h1-6,8,18H,7H2,(H2,17,20). The van der Waals surface area contributed by atoms with Gasteiger partial charge in [-0.05, 0) is 35.9 Å². The maximum Gasteiger partial charge on any atom is 0.248 e. The van der Waals surface area contributed by atoms with E-state index in [-0.39, 0.29) is 0 Å². The summed E-state index contributed by atoms with van der Waals surface area (Å²) in [6.45, 7) is 0.572. The second-order valence-electron chi connectivity index (χ2n) is 4.56. The minimum absolute atomic E-state index is 0.412. The molecule has 21 heavy (non-hydrogen) atoms. The van der Waals surface area contributed by atoms with E-state index in [1.165, 1.54) is 0 Å². The lowest BCUT2D eigenvalue weighted by Crippen LogP contribution is -2.11. The van der Waals surface area contributed by atoms with Crippen LogP contribution >= 0.6 is 22.9 Å². The maximum atomic E-state index is 11.1. The molecule has 0 spiro atoms. The molecule has 0 radical (unpaired) electrons. The number of carbonyl (C=O) groups excluding carboxylic acids is 1. The van der Waals surface area contributed by atoms with Crippen LogP contribution in [-0.4, -0.2) is 10.9 Å². The van der Waals surface area contributed by atoms with Gasteiger partial charge in [0.1, 0.15) is 0 Å². The van der Waals surface area contributed by atoms with Gasteiger partial charge in [-0.15, -0.1) is 11.3 Å². The lowest BCUT2D eigenvalue weighted by molar-refractivity contribution is 0.100. The summed E-state index contributed by atoms with van der Waals surface area (Å²) in [5, 5.41) is 3.84. The largest absolute Gasteiger partial charge is 0.381 e. The zero-order valence-corrected chi connectivity index (χ0v) is 12.5. The molecule has 1 heterocycles. The molecule has 6 heteroatoms. The Hall–Kier alpha value is -2.11. The van der Waals surface area contributed by atoms with Gasteiger partial charge in [-0.1, -0.05) is 17.7 Å². The number of primary amides is 1. The minimum atomic E-state index is -0.480. The highest BCUT2D eigenvalue weighted by Gasteiger charge is 2.06. The van der Waals surface area contributed by atoms with E-state index >= 15 is 0 Å². The number of hydrogen-bond donors (Lipinski definition) is 2. The van der Waals surface area contributed by atoms with Crippen molar-refractivity contribution in [3.63, 3.8) is 0 Å². The van der Waals surface area contributed by atoms with Gasteiger partial charge in [0.05, 0.1) is 15.7 Å². The predicted octanol–water partition coefficient (Wildman–Crippen LogP) is 3.66. The Balaban J connectivity index is 1.76. The zero-order chi connectivity index (χ0) is 14.8. The summed E-state index contributed by atoms with van der Waals surface area (Å²) < 4.78 is 1.13. The molecule has 0 aliphatic heterocycles. The first-order chi connectivity index (χ1) is 10.1. The number of aromatic nitrogens is 1. The van der Waals surface area contributed by atoms with Crippen LogP contribution in [0.25, 0.3) is 10.2 Å². The number of hydrogen-bond acceptors (Lipinski definition) is 4. The average molecular weight is 318 g/mol. The highest BCUT2D eigenvalue weighted by molar-refractivity contribution is 7.16. The van der Waals surface area contributed by atoms with Crippen LogP contribution in [0.2, 0.25) is 5.02 Å². The number of benzene rings is 2. The SMILES string of the molecule is NC(=O)c1ccc(CNc2ccc3ncsc3c2)c(Cl)c1. The van der Waals surface area contributed by atoms with E-state index in [9.17, 15) is 4.79 Å². The van der Waals surface area contributed by atoms with E-state index in [0.717, 1.165) is 21.5 Å². The summed E-state index contributed by atoms with van der Waals surface area (Å²) in [5.41, 5.74) is 10.4. The fourth-order valence-corrected chi connectivity index (χ4v) is 2.97. The summed E-state index contributed by atoms with van der Waals surface area (Å²) in [6, 6.07) is 11.1. The number of nitrogens with one attached hydrogen (secondary N) is 1. The smallest absolute Gasteiger partial charge is 0.248 e. The van der Waals surface area contributed by atoms with Gasteiger partial charge in [-0.25, -0.2) is 4.98 Å². The highest BCUT2D eigenvalue weighted by Crippen LogP contribution is 2.23. The molecule has 0 aliphatic carbocycles. The molecule has 0 bridgehead atoms. The Bertz CT molecular complexity index is 816. The van der Waals surface area contributed by atoms with Crippen LogP contribution in [0.15, 0.2) is 41.9 Å². The van der Waals surface area contributed by atoms with Crippen LogP contribution < -0.4 is 11.1 Å². The van der Waals surface area contributed by atoms with Crippen molar-refractivity contribution in [3.05, 3.63) is 58.1 Å². The molecule has 0 atom stereocenters. The third-order valence-corrected chi connectivity index (χ3v) is 4.30. The van der Waals surface area contributed by atoms with Gasteiger partial charge in [0.2, 0.25) is 5.91 Å². The number of nitrogens with zero attached hydrogens (tertiary/aromatic N) is 1. The first-order valence-corrected chi connectivity index (χ1v) is 7.54. The summed E-state index contributed by atoms with van der Waals surface area (Å²) in [6.07, 6.45) is 0. The quantitative estimate of drug-likeness (QED) is 0.771. The van der Waals surface area contributed by atoms with E-state index < -0.39 is 5.91 Å². The lowest BCUT2D eigenvalue weighted by atomic mass is 10.1. The molecule has 3 N–H and O–H groups in total. The lowest BCUT2D eigenvalue weighted by Gasteiger charge is -2.09. The predicted molar refractivity (Wildman–Crippen MR) is 86.9 cm³/mol. The van der Waals surface area contributed by atoms with Crippen LogP contribution in [0.1, 0.15) is 15.9 Å². The fourth-order valence-electron chi connectivity index (χ4n) is 2.01. The third kappa shape index (κ3) is 2.99. The Morgan fingerprint density at radius 2 is 2.14 bits per heavy atom. The van der Waals surface area contributed by atoms with Crippen LogP contribution in [0.4, 0.5) is 5.69 Å². The van der Waals surface area contributed by atoms with Gasteiger partial charge in [-0.3, -0.25) is 4.79 Å². The first kappa shape index (κ1) is 13.9. The molecule has 106 valence electrons. The van der Waals surface area contributed by atoms with Crippen molar-refractivity contribution in [2.45, 2.75) is 6.54 Å². The average Bonchev–Trinajstić information content (AvgIpc) is 2.93. The van der Waals surface area contributed by atoms with Crippen molar-refractivity contribution in [1.29, 1.82) is 0 Å². The number of rotatable bonds is 4. The zero-order valence-electron chi connectivity index (χ0n) is 11.0. The summed E-state index contributed by atoms with van der Waals surface area (Å²) in [5.74, 6) is -0.480. The Labute approximate surface area is 130 Å². The van der Waals surface area contributed by atoms with Crippen LogP contribution in [0.5, 0.6) is 0 Å². The topological polar surface area (TPSA) is 68.0 Å². The molecule has 1 amide bonds. The fraction of sp³-hybridized carbons (Fsp3) is 0.0667. The van der Waals surface area contributed by atoms with Gasteiger partial charge in [-0.2, -0.15) is 0 Å². The van der Waals surface area contributed by atoms with Crippen molar-refractivity contribution in [3.8, 4) is 0 Å². The Morgan fingerprint density at radius 1 is 1.29 bits per heavy atom. The van der Waals surface area contributed by atoms with Gasteiger partial charge >= 0.3 is 0 Å². The molecular formula is C15H12ClN3OS. The number of halogens is 1. The molecule has 1 aromatic heterocycles. The first-order valence-electron chi connectivity index (χ1n) is 6.29. The van der Waals surface area contributed by atoms with Crippen LogP contribution in [0.3, 0.4) is 0 Å². The maximum absolute atomic E-state index is 11.1. The second-order valence-corrected chi connectivity index (χ2v) is 5.85. The molecular weight excluding hydrogens is 306 g/mol. The number of nitrogens with two attached hydrogens (primary N) is 1. The Morgan fingerprint density at radius 3 is 2.90 bits per heavy atom. The highest BCUT2D eigenvalue weighted by atomic mass is 35.5. The van der Waals surface area contributed by atoms with Gasteiger partial charge in [0.15, 0.2) is 0 Å². The molecule has 2 aromatic carbocycles. The van der Waals surface area contributed by atoms with Gasteiger partial charge < -0.3 is 11.1 Å². The number of carbonyl (C=O) groups is 1. The van der Waals surface area contributed by atoms with Crippen LogP contribution in [0, 0.1) is 0 Å². The van der Waals surface area contributed by atoms with E-state index in [1.807, 2.05) is 17.6 Å². The van der Waals surface area contributed by atoms with E-state index in [2.05, 4.69) is 16.4 Å². The van der Waals surface area contributed by atoms with Gasteiger partial charge in [0.25, 0.3) is 0 Å². The molecule has 0 aliphatic rings. The van der Waals surface area contributed by atoms with E-state index in [1.54, 1.807) is 29.5 Å². The molecule has 0 saturated carbocycles. The molecule has 0 unspecified atom stereocenters. The summed E-state index contributed by atoms with van der Waals surface area (Å²) in [4.78, 5) is 15.3. The van der Waals surface area contributed by atoms with E-state index in [0.29, 0.717) is 17.1 Å². The molecule has 4 nitrogen and oxygen atoms in total. The number of amides is 1. The molecule has 0 saturated heterocycles. The molecule has 3 rings (SSSR count). The second kappa shape index (κ2) is 5.71. The number of fused-ring (bicyclic) bond motifs is 1. The number of thiazole rings is 1. The molecule has 3 aromatic rings. The third-order valence-electron chi connectivity index (χ3n) is 3.15. The van der Waals surface area contributed by atoms with Crippen molar-refractivity contribution in [1.82, 2.24) is 4.98 Å². The van der Waals surface area contributed by atoms with E-state index in [4.69, 9.17) is 17.3 Å². The van der Waals surface area contributed by atoms with Crippen molar-refractivity contribution >= 4 is 44.7 Å². The van der Waals surface area contributed by atoms with Crippen LogP contribution in [-0.2, 0) is 6.54 Å². The van der Waals surface area contributed by atoms with Crippen molar-refractivity contribution < 1.29 is 4.79 Å². The summed E-state index contributed by atoms with van der Waals surface area (Å²) in [7, 11) is 0. The van der Waals surface area contributed by atoms with Gasteiger partial charge in [0, 0.05) is 22.8 Å². The van der Waals surface area contributed by atoms with Crippen molar-refractivity contribution in [2.24, 2.45) is 5.73 Å². The summed E-state index contributed by atoms with van der Waals surface area (Å²) >= 11 is 7.76. The number of anilines is 1. The van der Waals surface area contributed by atoms with Crippen molar-refractivity contribution in [2.75, 3.05) is 5.32 Å².